The van der Waals surface area contributed by atoms with Gasteiger partial charge >= 0.3 is 5.97 Å². The first-order valence-corrected chi connectivity index (χ1v) is 5.44. The summed E-state index contributed by atoms with van der Waals surface area (Å²) in [4.78, 5) is 22.7. The van der Waals surface area contributed by atoms with Crippen LogP contribution in [0.5, 0.6) is 0 Å². The fourth-order valence-electron chi connectivity index (χ4n) is 1.58. The molecule has 1 rings (SSSR count). The average molecular weight is 213 g/mol. The zero-order chi connectivity index (χ0) is 11.6. The SMILES string of the molecule is CC(C)[C@@H](C)C(=O)NC1(C(=O)O)CCC1. The molecule has 15 heavy (non-hydrogen) atoms. The van der Waals surface area contributed by atoms with Gasteiger partial charge in [-0.15, -0.1) is 0 Å². The quantitative estimate of drug-likeness (QED) is 0.741. The predicted octanol–water partition coefficient (Wildman–Crippen LogP) is 1.40. The van der Waals surface area contributed by atoms with E-state index < -0.39 is 11.5 Å². The topological polar surface area (TPSA) is 66.4 Å². The first-order valence-electron chi connectivity index (χ1n) is 5.44. The molecule has 0 aliphatic heterocycles. The maximum absolute atomic E-state index is 11.7. The Kier molecular flexibility index (Phi) is 3.37. The molecule has 1 aliphatic rings. The Labute approximate surface area is 90.0 Å². The van der Waals surface area contributed by atoms with Crippen LogP contribution in [0.3, 0.4) is 0 Å². The summed E-state index contributed by atoms with van der Waals surface area (Å²) in [5.74, 6) is -0.956. The highest BCUT2D eigenvalue weighted by Gasteiger charge is 2.46. The van der Waals surface area contributed by atoms with Gasteiger partial charge in [0.1, 0.15) is 5.54 Å². The van der Waals surface area contributed by atoms with Crippen LogP contribution in [0.2, 0.25) is 0 Å². The third-order valence-electron chi connectivity index (χ3n) is 3.39. The van der Waals surface area contributed by atoms with Gasteiger partial charge in [-0.25, -0.2) is 4.79 Å². The number of carbonyl (C=O) groups excluding carboxylic acids is 1. The summed E-state index contributed by atoms with van der Waals surface area (Å²) >= 11 is 0. The van der Waals surface area contributed by atoms with Gasteiger partial charge in [0.15, 0.2) is 0 Å². The molecule has 86 valence electrons. The molecule has 4 nitrogen and oxygen atoms in total. The van der Waals surface area contributed by atoms with Crippen LogP contribution >= 0.6 is 0 Å². The maximum Gasteiger partial charge on any atom is 0.329 e. The smallest absolute Gasteiger partial charge is 0.329 e. The summed E-state index contributed by atoms with van der Waals surface area (Å²) in [5, 5.41) is 11.7. The molecule has 0 aromatic heterocycles. The van der Waals surface area contributed by atoms with Crippen LogP contribution in [-0.2, 0) is 9.59 Å². The van der Waals surface area contributed by atoms with Crippen LogP contribution in [0.4, 0.5) is 0 Å². The number of rotatable bonds is 4. The third-order valence-corrected chi connectivity index (χ3v) is 3.39. The molecule has 1 amide bonds. The molecular formula is C11H19NO3. The highest BCUT2D eigenvalue weighted by atomic mass is 16.4. The van der Waals surface area contributed by atoms with Crippen molar-refractivity contribution in [2.45, 2.75) is 45.6 Å². The summed E-state index contributed by atoms with van der Waals surface area (Å²) in [6.07, 6.45) is 1.99. The van der Waals surface area contributed by atoms with Crippen LogP contribution in [0.25, 0.3) is 0 Å². The summed E-state index contributed by atoms with van der Waals surface area (Å²) in [6, 6.07) is 0. The second-order valence-corrected chi connectivity index (χ2v) is 4.76. The van der Waals surface area contributed by atoms with Crippen molar-refractivity contribution in [2.24, 2.45) is 11.8 Å². The van der Waals surface area contributed by atoms with E-state index in [1.54, 1.807) is 0 Å². The number of nitrogens with one attached hydrogen (secondary N) is 1. The summed E-state index contributed by atoms with van der Waals surface area (Å²) in [5.41, 5.74) is -0.972. The fraction of sp³-hybridized carbons (Fsp3) is 0.818. The molecule has 1 saturated carbocycles. The van der Waals surface area contributed by atoms with Gasteiger partial charge in [-0.1, -0.05) is 20.8 Å². The van der Waals surface area contributed by atoms with Crippen molar-refractivity contribution in [2.75, 3.05) is 0 Å². The van der Waals surface area contributed by atoms with E-state index in [0.717, 1.165) is 6.42 Å². The Morgan fingerprint density at radius 1 is 1.27 bits per heavy atom. The van der Waals surface area contributed by atoms with Crippen molar-refractivity contribution < 1.29 is 14.7 Å². The molecule has 0 radical (unpaired) electrons. The number of carbonyl (C=O) groups is 2. The number of carboxylic acid groups (broad SMARTS) is 1. The molecular weight excluding hydrogens is 194 g/mol. The minimum atomic E-state index is -0.972. The molecule has 4 heteroatoms. The number of amides is 1. The molecule has 0 spiro atoms. The van der Waals surface area contributed by atoms with Crippen LogP contribution in [-0.4, -0.2) is 22.5 Å². The molecule has 1 atom stereocenters. The number of hydrogen-bond acceptors (Lipinski definition) is 2. The lowest BCUT2D eigenvalue weighted by Crippen LogP contribution is -2.60. The van der Waals surface area contributed by atoms with Gasteiger partial charge in [-0.3, -0.25) is 4.79 Å². The number of hydrogen-bond donors (Lipinski definition) is 2. The summed E-state index contributed by atoms with van der Waals surface area (Å²) < 4.78 is 0. The van der Waals surface area contributed by atoms with Crippen molar-refractivity contribution in [3.63, 3.8) is 0 Å². The lowest BCUT2D eigenvalue weighted by atomic mass is 9.76. The second-order valence-electron chi connectivity index (χ2n) is 4.76. The molecule has 0 heterocycles. The normalized spacial score (nSPS) is 20.5. The largest absolute Gasteiger partial charge is 0.480 e. The van der Waals surface area contributed by atoms with Gasteiger partial charge in [0.05, 0.1) is 0 Å². The van der Waals surface area contributed by atoms with Crippen molar-refractivity contribution in [1.29, 1.82) is 0 Å². The lowest BCUT2D eigenvalue weighted by Gasteiger charge is -2.39. The minimum absolute atomic E-state index is 0.137. The van der Waals surface area contributed by atoms with Gasteiger partial charge in [0.25, 0.3) is 0 Å². The van der Waals surface area contributed by atoms with E-state index in [-0.39, 0.29) is 17.7 Å². The first kappa shape index (κ1) is 12.0. The van der Waals surface area contributed by atoms with Crippen LogP contribution < -0.4 is 5.32 Å². The van der Waals surface area contributed by atoms with E-state index in [1.807, 2.05) is 20.8 Å². The highest BCUT2D eigenvalue weighted by molar-refractivity contribution is 5.88. The van der Waals surface area contributed by atoms with Gasteiger partial charge in [-0.2, -0.15) is 0 Å². The molecule has 0 aromatic carbocycles. The molecule has 0 aromatic rings. The Hall–Kier alpha value is -1.06. The summed E-state index contributed by atoms with van der Waals surface area (Å²) in [6.45, 7) is 5.74. The van der Waals surface area contributed by atoms with E-state index in [0.29, 0.717) is 12.8 Å². The van der Waals surface area contributed by atoms with Crippen LogP contribution in [0.15, 0.2) is 0 Å². The highest BCUT2D eigenvalue weighted by Crippen LogP contribution is 2.32. The van der Waals surface area contributed by atoms with Crippen LogP contribution in [0, 0.1) is 11.8 Å². The first-order chi connectivity index (χ1) is 6.89. The molecule has 2 N–H and O–H groups in total. The van der Waals surface area contributed by atoms with E-state index in [2.05, 4.69) is 5.32 Å². The average Bonchev–Trinajstić information content (AvgIpc) is 2.08. The lowest BCUT2D eigenvalue weighted by molar-refractivity contribution is -0.152. The molecule has 1 fully saturated rings. The Morgan fingerprint density at radius 2 is 1.80 bits per heavy atom. The Morgan fingerprint density at radius 3 is 2.07 bits per heavy atom. The molecule has 0 saturated heterocycles. The fourth-order valence-corrected chi connectivity index (χ4v) is 1.58. The molecule has 0 unspecified atom stereocenters. The predicted molar refractivity (Wildman–Crippen MR) is 56.4 cm³/mol. The number of carboxylic acids is 1. The zero-order valence-corrected chi connectivity index (χ0v) is 9.54. The van der Waals surface area contributed by atoms with E-state index in [1.165, 1.54) is 0 Å². The van der Waals surface area contributed by atoms with Crippen molar-refractivity contribution in [3.05, 3.63) is 0 Å². The maximum atomic E-state index is 11.7. The van der Waals surface area contributed by atoms with Gasteiger partial charge in [0, 0.05) is 5.92 Å². The van der Waals surface area contributed by atoms with Gasteiger partial charge < -0.3 is 10.4 Å². The molecule has 1 aliphatic carbocycles. The standard InChI is InChI=1S/C11H19NO3/c1-7(2)8(3)9(13)12-11(10(14)15)5-4-6-11/h7-8H,4-6H2,1-3H3,(H,12,13)(H,14,15)/t8-/m1/s1. The monoisotopic (exact) mass is 213 g/mol. The Bertz CT molecular complexity index is 269. The van der Waals surface area contributed by atoms with E-state index in [4.69, 9.17) is 5.11 Å². The van der Waals surface area contributed by atoms with Gasteiger partial charge in [-0.05, 0) is 25.2 Å². The van der Waals surface area contributed by atoms with Crippen molar-refractivity contribution >= 4 is 11.9 Å². The van der Waals surface area contributed by atoms with E-state index >= 15 is 0 Å². The third kappa shape index (κ3) is 2.30. The minimum Gasteiger partial charge on any atom is -0.480 e. The molecule has 0 bridgehead atoms. The second kappa shape index (κ2) is 4.21. The van der Waals surface area contributed by atoms with Crippen LogP contribution in [0.1, 0.15) is 40.0 Å². The van der Waals surface area contributed by atoms with Crippen molar-refractivity contribution in [3.8, 4) is 0 Å². The van der Waals surface area contributed by atoms with Gasteiger partial charge in [0.2, 0.25) is 5.91 Å². The summed E-state index contributed by atoms with van der Waals surface area (Å²) in [7, 11) is 0. The Balaban J connectivity index is 2.60. The zero-order valence-electron chi connectivity index (χ0n) is 9.54. The van der Waals surface area contributed by atoms with Crippen molar-refractivity contribution in [1.82, 2.24) is 5.32 Å². The number of aliphatic carboxylic acids is 1. The van der Waals surface area contributed by atoms with E-state index in [9.17, 15) is 9.59 Å².